The topological polar surface area (TPSA) is 84.9 Å². The van der Waals surface area contributed by atoms with E-state index >= 15 is 0 Å². The molecule has 1 heterocycles. The number of carboxylic acids is 1. The Bertz CT molecular complexity index is 431. The first-order chi connectivity index (χ1) is 7.66. The number of aliphatic carboxylic acids is 1. The number of hydrogen-bond donors (Lipinski definition) is 2. The predicted molar refractivity (Wildman–Crippen MR) is 52.1 cm³/mol. The van der Waals surface area contributed by atoms with Crippen LogP contribution in [-0.4, -0.2) is 29.8 Å². The number of carbonyl (C=O) groups is 2. The van der Waals surface area contributed by atoms with Crippen molar-refractivity contribution >= 4 is 11.9 Å². The van der Waals surface area contributed by atoms with E-state index in [-0.39, 0.29) is 6.61 Å². The third-order valence-corrected chi connectivity index (χ3v) is 1.99. The van der Waals surface area contributed by atoms with E-state index in [2.05, 4.69) is 5.32 Å². The van der Waals surface area contributed by atoms with Gasteiger partial charge in [0.05, 0.1) is 0 Å². The van der Waals surface area contributed by atoms with Crippen LogP contribution in [0.15, 0.2) is 24.3 Å². The molecule has 1 atom stereocenters. The third-order valence-electron chi connectivity index (χ3n) is 1.99. The number of benzene rings is 1. The number of para-hydroxylation sites is 2. The molecule has 0 bridgehead atoms. The quantitative estimate of drug-likeness (QED) is 0.654. The summed E-state index contributed by atoms with van der Waals surface area (Å²) in [6, 6.07) is 6.95. The summed E-state index contributed by atoms with van der Waals surface area (Å²) in [6.45, 7) is 0.0794. The molecule has 0 radical (unpaired) electrons. The van der Waals surface area contributed by atoms with Gasteiger partial charge in [-0.05, 0) is 12.1 Å². The van der Waals surface area contributed by atoms with Gasteiger partial charge in [-0.15, -0.1) is 0 Å². The summed E-state index contributed by atoms with van der Waals surface area (Å²) in [4.78, 5) is 21.2. The van der Waals surface area contributed by atoms with Gasteiger partial charge in [0.15, 0.2) is 11.5 Å². The van der Waals surface area contributed by atoms with Crippen LogP contribution >= 0.6 is 0 Å². The molecule has 0 spiro atoms. The molecular formula is C10H9NO5. The van der Waals surface area contributed by atoms with Gasteiger partial charge in [-0.3, -0.25) is 4.79 Å². The minimum Gasteiger partial charge on any atom is -0.484 e. The lowest BCUT2D eigenvalue weighted by molar-refractivity contribution is -0.151. The number of rotatable bonds is 1. The van der Waals surface area contributed by atoms with Crippen molar-refractivity contribution in [3.8, 4) is 11.5 Å². The number of fused-ring (bicyclic) bond motifs is 1. The molecule has 0 saturated heterocycles. The third kappa shape index (κ3) is 2.05. The molecule has 1 aromatic carbocycles. The Morgan fingerprint density at radius 3 is 2.69 bits per heavy atom. The van der Waals surface area contributed by atoms with Crippen LogP contribution in [0.4, 0.5) is 0 Å². The molecule has 16 heavy (non-hydrogen) atoms. The Hall–Kier alpha value is -2.24. The van der Waals surface area contributed by atoms with Gasteiger partial charge >= 0.3 is 11.9 Å². The zero-order chi connectivity index (χ0) is 11.5. The smallest absolute Gasteiger partial charge is 0.394 e. The van der Waals surface area contributed by atoms with Gasteiger partial charge < -0.3 is 19.9 Å². The summed E-state index contributed by atoms with van der Waals surface area (Å²) in [5.74, 6) is -1.62. The lowest BCUT2D eigenvalue weighted by Gasteiger charge is -2.26. The van der Waals surface area contributed by atoms with Crippen LogP contribution < -0.4 is 14.8 Å². The van der Waals surface area contributed by atoms with E-state index < -0.39 is 18.1 Å². The van der Waals surface area contributed by atoms with Crippen molar-refractivity contribution in [1.82, 2.24) is 5.32 Å². The molecule has 0 aliphatic carbocycles. The highest BCUT2D eigenvalue weighted by molar-refractivity contribution is 6.31. The molecule has 6 heteroatoms. The fourth-order valence-electron chi connectivity index (χ4n) is 1.30. The van der Waals surface area contributed by atoms with Gasteiger partial charge in [0.25, 0.3) is 0 Å². The van der Waals surface area contributed by atoms with Gasteiger partial charge in [0.1, 0.15) is 6.61 Å². The maximum absolute atomic E-state index is 10.9. The van der Waals surface area contributed by atoms with Crippen LogP contribution in [0.5, 0.6) is 11.5 Å². The SMILES string of the molecule is O=C(O)C(=O)NC1COc2ccccc2O1. The summed E-state index contributed by atoms with van der Waals surface area (Å²) in [5, 5.41) is 10.6. The van der Waals surface area contributed by atoms with Gasteiger partial charge in [-0.1, -0.05) is 12.1 Å². The Balaban J connectivity index is 2.03. The van der Waals surface area contributed by atoms with Crippen molar-refractivity contribution in [3.05, 3.63) is 24.3 Å². The van der Waals surface area contributed by atoms with E-state index in [9.17, 15) is 9.59 Å². The summed E-state index contributed by atoms with van der Waals surface area (Å²) >= 11 is 0. The van der Waals surface area contributed by atoms with Crippen molar-refractivity contribution in [3.63, 3.8) is 0 Å². The van der Waals surface area contributed by atoms with E-state index in [1.807, 2.05) is 0 Å². The van der Waals surface area contributed by atoms with E-state index in [1.54, 1.807) is 24.3 Å². The summed E-state index contributed by atoms with van der Waals surface area (Å²) in [6.07, 6.45) is -0.779. The van der Waals surface area contributed by atoms with Crippen LogP contribution in [0.3, 0.4) is 0 Å². The number of hydrogen-bond acceptors (Lipinski definition) is 4. The molecule has 2 N–H and O–H groups in total. The van der Waals surface area contributed by atoms with Crippen molar-refractivity contribution in [2.75, 3.05) is 6.61 Å². The first-order valence-corrected chi connectivity index (χ1v) is 4.59. The molecule has 1 amide bonds. The molecule has 1 aliphatic rings. The van der Waals surface area contributed by atoms with Gasteiger partial charge in [-0.2, -0.15) is 0 Å². The maximum Gasteiger partial charge on any atom is 0.394 e. The molecule has 0 saturated carbocycles. The zero-order valence-electron chi connectivity index (χ0n) is 8.17. The normalized spacial score (nSPS) is 17.6. The lowest BCUT2D eigenvalue weighted by atomic mass is 10.3. The highest BCUT2D eigenvalue weighted by Gasteiger charge is 2.24. The van der Waals surface area contributed by atoms with Crippen LogP contribution in [0.2, 0.25) is 0 Å². The minimum atomic E-state index is -1.55. The number of amides is 1. The van der Waals surface area contributed by atoms with Crippen LogP contribution in [0, 0.1) is 0 Å². The second-order valence-electron chi connectivity index (χ2n) is 3.14. The maximum atomic E-state index is 10.9. The fraction of sp³-hybridized carbons (Fsp3) is 0.200. The summed E-state index contributed by atoms with van der Waals surface area (Å²) in [5.41, 5.74) is 0. The second kappa shape index (κ2) is 4.09. The predicted octanol–water partition coefficient (Wildman–Crippen LogP) is -0.0153. The van der Waals surface area contributed by atoms with E-state index in [1.165, 1.54) is 0 Å². The van der Waals surface area contributed by atoms with Gasteiger partial charge in [-0.25, -0.2) is 4.79 Å². The zero-order valence-corrected chi connectivity index (χ0v) is 8.17. The molecule has 6 nitrogen and oxygen atoms in total. The Kier molecular flexibility index (Phi) is 2.63. The number of nitrogens with one attached hydrogen (secondary N) is 1. The number of carbonyl (C=O) groups excluding carboxylic acids is 1. The first kappa shape index (κ1) is 10.3. The second-order valence-corrected chi connectivity index (χ2v) is 3.14. The molecule has 1 aliphatic heterocycles. The van der Waals surface area contributed by atoms with Crippen LogP contribution in [-0.2, 0) is 9.59 Å². The van der Waals surface area contributed by atoms with Gasteiger partial charge in [0.2, 0.25) is 6.23 Å². The minimum absolute atomic E-state index is 0.0794. The van der Waals surface area contributed by atoms with E-state index in [0.717, 1.165) is 0 Å². The highest BCUT2D eigenvalue weighted by atomic mass is 16.6. The molecule has 0 fully saturated rings. The van der Waals surface area contributed by atoms with Crippen molar-refractivity contribution in [2.45, 2.75) is 6.23 Å². The van der Waals surface area contributed by atoms with Crippen molar-refractivity contribution < 1.29 is 24.2 Å². The lowest BCUT2D eigenvalue weighted by Crippen LogP contribution is -2.47. The van der Waals surface area contributed by atoms with Crippen LogP contribution in [0.1, 0.15) is 0 Å². The standard InChI is InChI=1S/C10H9NO5/c12-9(10(13)14)11-8-5-15-6-3-1-2-4-7(6)16-8/h1-4,8H,5H2,(H,11,12)(H,13,14). The monoisotopic (exact) mass is 223 g/mol. The van der Waals surface area contributed by atoms with Crippen molar-refractivity contribution in [1.29, 1.82) is 0 Å². The molecule has 2 rings (SSSR count). The van der Waals surface area contributed by atoms with Crippen LogP contribution in [0.25, 0.3) is 0 Å². The number of carboxylic acid groups (broad SMARTS) is 1. The molecule has 1 aromatic rings. The molecule has 84 valence electrons. The molecule has 1 unspecified atom stereocenters. The first-order valence-electron chi connectivity index (χ1n) is 4.59. The average Bonchev–Trinajstić information content (AvgIpc) is 2.28. The largest absolute Gasteiger partial charge is 0.484 e. The highest BCUT2D eigenvalue weighted by Crippen LogP contribution is 2.30. The Morgan fingerprint density at radius 1 is 1.31 bits per heavy atom. The van der Waals surface area contributed by atoms with E-state index in [4.69, 9.17) is 14.6 Å². The Labute approximate surface area is 90.8 Å². The molecular weight excluding hydrogens is 214 g/mol. The molecule has 0 aromatic heterocycles. The Morgan fingerprint density at radius 2 is 2.00 bits per heavy atom. The summed E-state index contributed by atoms with van der Waals surface area (Å²) < 4.78 is 10.6. The van der Waals surface area contributed by atoms with Gasteiger partial charge in [0, 0.05) is 0 Å². The number of ether oxygens (including phenoxy) is 2. The van der Waals surface area contributed by atoms with E-state index in [0.29, 0.717) is 11.5 Å². The van der Waals surface area contributed by atoms with Crippen molar-refractivity contribution in [2.24, 2.45) is 0 Å². The summed E-state index contributed by atoms with van der Waals surface area (Å²) in [7, 11) is 0. The fourth-order valence-corrected chi connectivity index (χ4v) is 1.30. The average molecular weight is 223 g/mol.